The van der Waals surface area contributed by atoms with Crippen molar-refractivity contribution in [2.45, 2.75) is 25.7 Å². The summed E-state index contributed by atoms with van der Waals surface area (Å²) in [6.45, 7) is 4.59. The van der Waals surface area contributed by atoms with Gasteiger partial charge in [0.1, 0.15) is 0 Å². The van der Waals surface area contributed by atoms with Gasteiger partial charge in [0.15, 0.2) is 6.29 Å². The zero-order chi connectivity index (χ0) is 12.8. The number of methoxy groups -OCH3 is 2. The summed E-state index contributed by atoms with van der Waals surface area (Å²) in [5, 5.41) is 3.07. The van der Waals surface area contributed by atoms with E-state index in [0.717, 1.165) is 6.26 Å². The molecule has 0 atom stereocenters. The molecular weight excluding hydrogens is 232 g/mol. The first kappa shape index (κ1) is 15.8. The first-order valence-corrected chi connectivity index (χ1v) is 6.84. The zero-order valence-electron chi connectivity index (χ0n) is 10.5. The third-order valence-electron chi connectivity index (χ3n) is 1.87. The summed E-state index contributed by atoms with van der Waals surface area (Å²) >= 11 is 0. The van der Waals surface area contributed by atoms with Crippen molar-refractivity contribution in [1.29, 1.82) is 0 Å². The Morgan fingerprint density at radius 1 is 1.25 bits per heavy atom. The van der Waals surface area contributed by atoms with Gasteiger partial charge in [-0.05, 0) is 13.8 Å². The van der Waals surface area contributed by atoms with E-state index < -0.39 is 15.6 Å². The van der Waals surface area contributed by atoms with Gasteiger partial charge in [0.05, 0.1) is 6.26 Å². The van der Waals surface area contributed by atoms with Crippen molar-refractivity contribution in [1.82, 2.24) is 10.0 Å². The van der Waals surface area contributed by atoms with E-state index in [1.54, 1.807) is 28.1 Å². The normalized spacial score (nSPS) is 13.4. The summed E-state index contributed by atoms with van der Waals surface area (Å²) in [6.07, 6.45) is 0.816. The predicted octanol–water partition coefficient (Wildman–Crippen LogP) is -0.477. The fourth-order valence-electron chi connectivity index (χ4n) is 1.30. The van der Waals surface area contributed by atoms with E-state index in [9.17, 15) is 8.42 Å². The van der Waals surface area contributed by atoms with Crippen LogP contribution < -0.4 is 10.0 Å². The molecular formula is C9H22N2O4S. The number of hydrogen-bond donors (Lipinski definition) is 2. The molecule has 0 fully saturated rings. The van der Waals surface area contributed by atoms with Crippen LogP contribution in [-0.2, 0) is 19.5 Å². The van der Waals surface area contributed by atoms with Crippen LogP contribution in [0.3, 0.4) is 0 Å². The summed E-state index contributed by atoms with van der Waals surface area (Å²) in [5.41, 5.74) is -0.542. The van der Waals surface area contributed by atoms with Crippen LogP contribution in [0.25, 0.3) is 0 Å². The van der Waals surface area contributed by atoms with E-state index in [1.807, 2.05) is 0 Å². The fourth-order valence-corrected chi connectivity index (χ4v) is 2.38. The minimum atomic E-state index is -3.20. The molecule has 0 aromatic heterocycles. The Balaban J connectivity index is 4.00. The number of nitrogens with one attached hydrogen (secondary N) is 2. The van der Waals surface area contributed by atoms with Gasteiger partial charge < -0.3 is 14.8 Å². The maximum absolute atomic E-state index is 11.1. The predicted molar refractivity (Wildman–Crippen MR) is 62.7 cm³/mol. The van der Waals surface area contributed by atoms with Gasteiger partial charge in [-0.1, -0.05) is 0 Å². The summed E-state index contributed by atoms with van der Waals surface area (Å²) in [7, 11) is -0.0934. The first-order chi connectivity index (χ1) is 7.20. The van der Waals surface area contributed by atoms with Gasteiger partial charge in [-0.15, -0.1) is 0 Å². The molecule has 98 valence electrons. The van der Waals surface area contributed by atoms with Crippen molar-refractivity contribution in [3.63, 3.8) is 0 Å². The number of sulfonamides is 1. The molecule has 0 spiro atoms. The quantitative estimate of drug-likeness (QED) is 0.572. The standard InChI is InChI=1S/C9H22N2O4S/c1-9(2,11-16(5,12)13)7-10-6-8(14-3)15-4/h8,10-11H,6-7H2,1-5H3. The van der Waals surface area contributed by atoms with Crippen LogP contribution in [-0.4, -0.2) is 53.8 Å². The van der Waals surface area contributed by atoms with Crippen molar-refractivity contribution >= 4 is 10.0 Å². The highest BCUT2D eigenvalue weighted by Gasteiger charge is 2.21. The van der Waals surface area contributed by atoms with Crippen molar-refractivity contribution in [3.8, 4) is 0 Å². The number of rotatable bonds is 8. The lowest BCUT2D eigenvalue weighted by Gasteiger charge is -2.26. The Bertz CT molecular complexity index is 286. The van der Waals surface area contributed by atoms with E-state index in [-0.39, 0.29) is 6.29 Å². The molecule has 0 aromatic rings. The molecule has 7 heteroatoms. The average Bonchev–Trinajstić information content (AvgIpc) is 2.08. The Morgan fingerprint density at radius 2 is 1.75 bits per heavy atom. The third kappa shape index (κ3) is 8.00. The highest BCUT2D eigenvalue weighted by Crippen LogP contribution is 2.02. The molecule has 0 aliphatic heterocycles. The van der Waals surface area contributed by atoms with Crippen LogP contribution >= 0.6 is 0 Å². The van der Waals surface area contributed by atoms with Crippen LogP contribution in [0, 0.1) is 0 Å². The lowest BCUT2D eigenvalue weighted by atomic mass is 10.1. The van der Waals surface area contributed by atoms with Gasteiger partial charge in [0, 0.05) is 32.8 Å². The molecule has 0 amide bonds. The van der Waals surface area contributed by atoms with E-state index in [4.69, 9.17) is 9.47 Å². The maximum Gasteiger partial charge on any atom is 0.209 e. The second kappa shape index (κ2) is 6.51. The summed E-state index contributed by atoms with van der Waals surface area (Å²) < 4.78 is 34.7. The van der Waals surface area contributed by atoms with Gasteiger partial charge in [-0.25, -0.2) is 13.1 Å². The van der Waals surface area contributed by atoms with E-state index >= 15 is 0 Å². The monoisotopic (exact) mass is 254 g/mol. The molecule has 0 radical (unpaired) electrons. The highest BCUT2D eigenvalue weighted by atomic mass is 32.2. The minimum Gasteiger partial charge on any atom is -0.355 e. The lowest BCUT2D eigenvalue weighted by molar-refractivity contribution is -0.0990. The van der Waals surface area contributed by atoms with Crippen molar-refractivity contribution in [3.05, 3.63) is 0 Å². The zero-order valence-corrected chi connectivity index (χ0v) is 11.3. The smallest absolute Gasteiger partial charge is 0.209 e. The molecule has 0 aromatic carbocycles. The van der Waals surface area contributed by atoms with Gasteiger partial charge in [0.25, 0.3) is 0 Å². The Hall–Kier alpha value is -0.210. The molecule has 16 heavy (non-hydrogen) atoms. The first-order valence-electron chi connectivity index (χ1n) is 4.95. The minimum absolute atomic E-state index is 0.325. The molecule has 0 aliphatic rings. The SMILES string of the molecule is COC(CNCC(C)(C)NS(C)(=O)=O)OC. The van der Waals surface area contributed by atoms with Crippen molar-refractivity contribution in [2.24, 2.45) is 0 Å². The number of ether oxygens (including phenoxy) is 2. The Morgan fingerprint density at radius 3 is 2.12 bits per heavy atom. The molecule has 6 nitrogen and oxygen atoms in total. The van der Waals surface area contributed by atoms with Crippen LogP contribution in [0.4, 0.5) is 0 Å². The van der Waals surface area contributed by atoms with Crippen LogP contribution in [0.1, 0.15) is 13.8 Å². The van der Waals surface area contributed by atoms with Crippen LogP contribution in [0.5, 0.6) is 0 Å². The van der Waals surface area contributed by atoms with E-state index in [0.29, 0.717) is 13.1 Å². The van der Waals surface area contributed by atoms with Gasteiger partial charge in [0.2, 0.25) is 10.0 Å². The average molecular weight is 254 g/mol. The molecule has 0 aliphatic carbocycles. The molecule has 0 heterocycles. The van der Waals surface area contributed by atoms with E-state index in [1.165, 1.54) is 0 Å². The molecule has 0 saturated heterocycles. The molecule has 0 bridgehead atoms. The Kier molecular flexibility index (Phi) is 6.42. The third-order valence-corrected chi connectivity index (χ3v) is 2.79. The molecule has 0 unspecified atom stereocenters. The van der Waals surface area contributed by atoms with Crippen LogP contribution in [0.15, 0.2) is 0 Å². The maximum atomic E-state index is 11.1. The van der Waals surface area contributed by atoms with Gasteiger partial charge in [-0.3, -0.25) is 0 Å². The summed E-state index contributed by atoms with van der Waals surface area (Å²) in [6, 6.07) is 0. The van der Waals surface area contributed by atoms with Gasteiger partial charge in [-0.2, -0.15) is 0 Å². The van der Waals surface area contributed by atoms with Gasteiger partial charge >= 0.3 is 0 Å². The van der Waals surface area contributed by atoms with Crippen LogP contribution in [0.2, 0.25) is 0 Å². The van der Waals surface area contributed by atoms with Crippen molar-refractivity contribution in [2.75, 3.05) is 33.6 Å². The summed E-state index contributed by atoms with van der Waals surface area (Å²) in [5.74, 6) is 0. The highest BCUT2D eigenvalue weighted by molar-refractivity contribution is 7.88. The largest absolute Gasteiger partial charge is 0.355 e. The Labute approximate surface area is 97.7 Å². The molecule has 0 rings (SSSR count). The number of hydrogen-bond acceptors (Lipinski definition) is 5. The summed E-state index contributed by atoms with van der Waals surface area (Å²) in [4.78, 5) is 0. The topological polar surface area (TPSA) is 76.7 Å². The molecule has 2 N–H and O–H groups in total. The van der Waals surface area contributed by atoms with Crippen molar-refractivity contribution < 1.29 is 17.9 Å². The fraction of sp³-hybridized carbons (Fsp3) is 1.00. The molecule has 0 saturated carbocycles. The second-order valence-electron chi connectivity index (χ2n) is 4.29. The van der Waals surface area contributed by atoms with E-state index in [2.05, 4.69) is 10.0 Å². The second-order valence-corrected chi connectivity index (χ2v) is 6.04. The lowest BCUT2D eigenvalue weighted by Crippen LogP contribution is -2.51.